The summed E-state index contributed by atoms with van der Waals surface area (Å²) in [7, 11) is 1.42. The van der Waals surface area contributed by atoms with E-state index in [1.54, 1.807) is 12.1 Å². The molecule has 2 aromatic carbocycles. The Morgan fingerprint density at radius 2 is 1.91 bits per heavy atom. The molecule has 2 aromatic rings. The molecular weight excluding hydrogens is 451 g/mol. The number of nitrogens with zero attached hydrogens (tertiary/aromatic N) is 1. The Bertz CT molecular complexity index is 1130. The van der Waals surface area contributed by atoms with Crippen LogP contribution in [0.25, 0.3) is 6.08 Å². The van der Waals surface area contributed by atoms with E-state index in [4.69, 9.17) is 9.47 Å². The first kappa shape index (κ1) is 24.0. The van der Waals surface area contributed by atoms with Crippen LogP contribution in [0.15, 0.2) is 47.4 Å². The predicted octanol–water partition coefficient (Wildman–Crippen LogP) is 3.27. The molecule has 0 aromatic heterocycles. The van der Waals surface area contributed by atoms with E-state index in [2.05, 4.69) is 5.32 Å². The van der Waals surface area contributed by atoms with Crippen molar-refractivity contribution in [3.8, 4) is 11.5 Å². The molecule has 33 heavy (non-hydrogen) atoms. The Morgan fingerprint density at radius 1 is 1.15 bits per heavy atom. The van der Waals surface area contributed by atoms with E-state index in [1.807, 2.05) is 0 Å². The van der Waals surface area contributed by atoms with Crippen molar-refractivity contribution in [2.24, 2.45) is 0 Å². The molecule has 0 atom stereocenters. The quantitative estimate of drug-likeness (QED) is 0.441. The summed E-state index contributed by atoms with van der Waals surface area (Å²) < 4.78 is 24.4. The molecule has 3 rings (SSSR count). The number of amides is 3. The molecule has 0 bridgehead atoms. The molecule has 172 valence electrons. The number of hydrogen-bond acceptors (Lipinski definition) is 7. The number of rotatable bonds is 9. The van der Waals surface area contributed by atoms with E-state index in [0.29, 0.717) is 28.8 Å². The lowest BCUT2D eigenvalue weighted by atomic mass is 10.1. The highest BCUT2D eigenvalue weighted by Crippen LogP contribution is 2.32. The molecule has 3 amide bonds. The Morgan fingerprint density at radius 3 is 2.61 bits per heavy atom. The average Bonchev–Trinajstić information content (AvgIpc) is 3.06. The van der Waals surface area contributed by atoms with Crippen molar-refractivity contribution in [1.29, 1.82) is 0 Å². The zero-order valence-electron chi connectivity index (χ0n) is 17.9. The molecule has 8 nitrogen and oxygen atoms in total. The minimum atomic E-state index is -0.547. The number of halogens is 1. The van der Waals surface area contributed by atoms with Crippen LogP contribution < -0.4 is 14.8 Å². The van der Waals surface area contributed by atoms with Gasteiger partial charge in [-0.25, -0.2) is 4.39 Å². The van der Waals surface area contributed by atoms with Gasteiger partial charge < -0.3 is 14.8 Å². The van der Waals surface area contributed by atoms with Gasteiger partial charge in [0, 0.05) is 24.2 Å². The number of imide groups is 1. The van der Waals surface area contributed by atoms with Crippen LogP contribution in [0, 0.1) is 5.82 Å². The Labute approximate surface area is 193 Å². The van der Waals surface area contributed by atoms with E-state index in [1.165, 1.54) is 50.4 Å². The number of Topliss-reactive ketones (excluding diaryl/α,β-unsaturated/α-hetero) is 1. The summed E-state index contributed by atoms with van der Waals surface area (Å²) in [4.78, 5) is 49.3. The van der Waals surface area contributed by atoms with Crippen molar-refractivity contribution in [1.82, 2.24) is 10.2 Å². The van der Waals surface area contributed by atoms with Crippen LogP contribution in [0.1, 0.15) is 22.8 Å². The van der Waals surface area contributed by atoms with Crippen molar-refractivity contribution >= 4 is 40.7 Å². The van der Waals surface area contributed by atoms with Crippen LogP contribution in [-0.4, -0.2) is 54.5 Å². The van der Waals surface area contributed by atoms with E-state index in [9.17, 15) is 23.6 Å². The number of thioether (sulfide) groups is 1. The van der Waals surface area contributed by atoms with Crippen molar-refractivity contribution in [3.05, 3.63) is 64.3 Å². The first-order valence-electron chi connectivity index (χ1n) is 9.88. The number of hydrogen-bond donors (Lipinski definition) is 1. The molecule has 1 fully saturated rings. The van der Waals surface area contributed by atoms with Crippen molar-refractivity contribution < 1.29 is 33.0 Å². The maximum absolute atomic E-state index is 13.8. The predicted molar refractivity (Wildman–Crippen MR) is 121 cm³/mol. The van der Waals surface area contributed by atoms with Crippen LogP contribution in [0.5, 0.6) is 11.5 Å². The third-order valence-electron chi connectivity index (χ3n) is 4.65. The molecule has 0 saturated carbocycles. The summed E-state index contributed by atoms with van der Waals surface area (Å²) in [6.45, 7) is 1.08. The molecule has 1 heterocycles. The van der Waals surface area contributed by atoms with Gasteiger partial charge in [-0.05, 0) is 49.0 Å². The number of ether oxygens (including phenoxy) is 2. The second kappa shape index (κ2) is 10.8. The zero-order chi connectivity index (χ0) is 24.0. The lowest BCUT2D eigenvalue weighted by Crippen LogP contribution is -2.38. The van der Waals surface area contributed by atoms with Gasteiger partial charge >= 0.3 is 0 Å². The third kappa shape index (κ3) is 5.98. The largest absolute Gasteiger partial charge is 0.493 e. The van der Waals surface area contributed by atoms with Gasteiger partial charge in [-0.1, -0.05) is 18.2 Å². The van der Waals surface area contributed by atoms with Gasteiger partial charge in [0.25, 0.3) is 17.1 Å². The van der Waals surface area contributed by atoms with Crippen LogP contribution in [0.2, 0.25) is 0 Å². The monoisotopic (exact) mass is 472 g/mol. The van der Waals surface area contributed by atoms with E-state index >= 15 is 0 Å². The molecule has 10 heteroatoms. The van der Waals surface area contributed by atoms with Gasteiger partial charge in [0.2, 0.25) is 0 Å². The maximum Gasteiger partial charge on any atom is 0.293 e. The highest BCUT2D eigenvalue weighted by Gasteiger charge is 2.34. The Hall–Kier alpha value is -3.66. The van der Waals surface area contributed by atoms with E-state index in [0.717, 1.165) is 4.90 Å². The minimum absolute atomic E-state index is 0.0214. The van der Waals surface area contributed by atoms with Gasteiger partial charge in [0.05, 0.1) is 12.0 Å². The second-order valence-corrected chi connectivity index (χ2v) is 7.91. The van der Waals surface area contributed by atoms with E-state index < -0.39 is 22.9 Å². The third-order valence-corrected chi connectivity index (χ3v) is 5.56. The van der Waals surface area contributed by atoms with Crippen LogP contribution in [0.3, 0.4) is 0 Å². The van der Waals surface area contributed by atoms with Crippen LogP contribution in [0.4, 0.5) is 9.18 Å². The fourth-order valence-electron chi connectivity index (χ4n) is 2.93. The highest BCUT2D eigenvalue weighted by molar-refractivity contribution is 8.18. The first-order chi connectivity index (χ1) is 15.8. The molecule has 0 unspecified atom stereocenters. The van der Waals surface area contributed by atoms with Gasteiger partial charge in [0.1, 0.15) is 5.82 Å². The number of ketones is 1. The van der Waals surface area contributed by atoms with Crippen molar-refractivity contribution in [3.63, 3.8) is 0 Å². The molecule has 0 radical (unpaired) electrons. The second-order valence-electron chi connectivity index (χ2n) is 6.92. The molecule has 1 saturated heterocycles. The lowest BCUT2D eigenvalue weighted by Gasteiger charge is -2.14. The lowest BCUT2D eigenvalue weighted by molar-refractivity contribution is -0.125. The summed E-state index contributed by atoms with van der Waals surface area (Å²) in [5, 5.41) is 2.07. The van der Waals surface area contributed by atoms with E-state index in [-0.39, 0.29) is 35.9 Å². The van der Waals surface area contributed by atoms with Gasteiger partial charge in [-0.2, -0.15) is 0 Å². The molecular formula is C23H21FN2O6S. The first-order valence-corrected chi connectivity index (χ1v) is 10.7. The summed E-state index contributed by atoms with van der Waals surface area (Å²) >= 11 is 0.715. The molecule has 0 spiro atoms. The molecule has 1 N–H and O–H groups in total. The van der Waals surface area contributed by atoms with Gasteiger partial charge in [-0.15, -0.1) is 0 Å². The van der Waals surface area contributed by atoms with Crippen molar-refractivity contribution in [2.75, 3.05) is 26.8 Å². The summed E-state index contributed by atoms with van der Waals surface area (Å²) in [5.74, 6) is -1.04. The summed E-state index contributed by atoms with van der Waals surface area (Å²) in [5.41, 5.74) is 0.658. The smallest absolute Gasteiger partial charge is 0.293 e. The fraction of sp³-hybridized carbons (Fsp3) is 0.217. The zero-order valence-corrected chi connectivity index (χ0v) is 18.7. The normalized spacial score (nSPS) is 14.5. The van der Waals surface area contributed by atoms with Gasteiger partial charge in [-0.3, -0.25) is 24.1 Å². The van der Waals surface area contributed by atoms with Crippen LogP contribution in [-0.2, 0) is 9.59 Å². The van der Waals surface area contributed by atoms with Crippen LogP contribution >= 0.6 is 11.8 Å². The standard InChI is InChI=1S/C23H21FN2O6S/c1-14(27)15-7-8-18(19(11-15)31-2)32-13-21(28)25-9-10-26-22(29)20(33-23(26)30)12-16-5-3-4-6-17(16)24/h3-8,11-12H,9-10,13H2,1-2H3,(H,25,28)/b20-12-. The average molecular weight is 472 g/mol. The Balaban J connectivity index is 1.51. The number of carbonyl (C=O) groups excluding carboxylic acids is 4. The number of benzene rings is 2. The summed E-state index contributed by atoms with van der Waals surface area (Å²) in [6, 6.07) is 10.5. The molecule has 1 aliphatic rings. The van der Waals surface area contributed by atoms with Gasteiger partial charge in [0.15, 0.2) is 23.9 Å². The topological polar surface area (TPSA) is 102 Å². The minimum Gasteiger partial charge on any atom is -0.493 e. The molecule has 1 aliphatic heterocycles. The maximum atomic E-state index is 13.8. The fourth-order valence-corrected chi connectivity index (χ4v) is 3.79. The number of carbonyl (C=O) groups is 4. The number of methoxy groups -OCH3 is 1. The SMILES string of the molecule is COc1cc(C(C)=O)ccc1OCC(=O)NCCN1C(=O)S/C(=C\c2ccccc2F)C1=O. The highest BCUT2D eigenvalue weighted by atomic mass is 32.2. The molecule has 0 aliphatic carbocycles. The Kier molecular flexibility index (Phi) is 7.83. The van der Waals surface area contributed by atoms with Crippen molar-refractivity contribution in [2.45, 2.75) is 6.92 Å². The summed E-state index contributed by atoms with van der Waals surface area (Å²) in [6.07, 6.45) is 1.33. The number of nitrogens with one attached hydrogen (secondary N) is 1.